The Bertz CT molecular complexity index is 4370. The lowest BCUT2D eigenvalue weighted by Crippen LogP contribution is -2.61. The van der Waals surface area contributed by atoms with Gasteiger partial charge in [0.05, 0.1) is 6.04 Å². The van der Waals surface area contributed by atoms with Crippen molar-refractivity contribution in [3.05, 3.63) is 71.9 Å². The zero-order valence-corrected chi connectivity index (χ0v) is 78.3. The van der Waals surface area contributed by atoms with Crippen molar-refractivity contribution < 1.29 is 76.7 Å². The summed E-state index contributed by atoms with van der Waals surface area (Å²) < 4.78 is 0. The van der Waals surface area contributed by atoms with Gasteiger partial charge in [0.15, 0.2) is 17.9 Å². The van der Waals surface area contributed by atoms with E-state index in [2.05, 4.69) is 108 Å². The summed E-state index contributed by atoms with van der Waals surface area (Å²) in [4.78, 5) is 230. The van der Waals surface area contributed by atoms with E-state index in [0.717, 1.165) is 10.9 Å². The number of thioether (sulfide) groups is 1. The van der Waals surface area contributed by atoms with Gasteiger partial charge in [0, 0.05) is 61.9 Å². The van der Waals surface area contributed by atoms with Crippen LogP contribution >= 0.6 is 24.4 Å². The first-order chi connectivity index (χ1) is 61.9. The fourth-order valence-corrected chi connectivity index (χ4v) is 14.8. The van der Waals surface area contributed by atoms with Crippen molar-refractivity contribution >= 4 is 148 Å². The molecule has 2 aromatic carbocycles. The van der Waals surface area contributed by atoms with Crippen LogP contribution in [0.25, 0.3) is 10.9 Å². The van der Waals surface area contributed by atoms with Crippen LogP contribution in [0.1, 0.15) is 164 Å². The molecule has 1 aliphatic rings. The molecule has 1 fully saturated rings. The predicted molar refractivity (Wildman–Crippen MR) is 500 cm³/mol. The number of unbranched alkanes of at least 4 members (excludes halogenated alkanes) is 1. The van der Waals surface area contributed by atoms with Gasteiger partial charge in [-0.1, -0.05) is 90.1 Å². The maximum atomic E-state index is 14.8. The molecule has 0 aliphatic carbocycles. The van der Waals surface area contributed by atoms with E-state index in [1.165, 1.54) is 44.4 Å². The number of para-hydroxylation sites is 1. The van der Waals surface area contributed by atoms with Gasteiger partial charge >= 0.3 is 0 Å². The highest BCUT2D eigenvalue weighted by molar-refractivity contribution is 7.98. The van der Waals surface area contributed by atoms with Crippen LogP contribution in [0, 0.1) is 34.0 Å². The predicted octanol–water partition coefficient (Wildman–Crippen LogP) is -4.42. The number of nitrogens with two attached hydrogens (primary N) is 6. The number of amides is 16. The van der Waals surface area contributed by atoms with Gasteiger partial charge in [-0.05, 0) is 165 Å². The zero-order valence-electron chi connectivity index (χ0n) is 76.6. The lowest BCUT2D eigenvalue weighted by Gasteiger charge is -2.29. The van der Waals surface area contributed by atoms with Gasteiger partial charge in [-0.3, -0.25) is 92.9 Å². The van der Waals surface area contributed by atoms with Crippen LogP contribution in [0.4, 0.5) is 0 Å². The number of primary amides is 1. The molecule has 44 nitrogen and oxygen atoms in total. The molecule has 0 saturated carbocycles. The molecular formula is C85H140N28O16S2. The van der Waals surface area contributed by atoms with Crippen molar-refractivity contribution in [3.63, 3.8) is 0 Å². The smallest absolute Gasteiger partial charge is 0.244 e. The van der Waals surface area contributed by atoms with Crippen LogP contribution in [0.15, 0.2) is 60.8 Å². The molecule has 3 aromatic rings. The molecule has 728 valence electrons. The molecule has 1 aromatic heterocycles. The lowest BCUT2D eigenvalue weighted by atomic mass is 9.99. The SMILES string of the molecule is CSCC[C@H](NC(=O)[C@@H](NC(=O)[C@H](CCCNC(=N)N)NC(=O)[C@H](Cc1ccccc1)NC(=O)[C@H](C)NC(=O)[C@H](C)NC(=O)[C@H](CCCCN)NC(=O)[C@H](CC(C)C)NC(=O)[C@H](Cc1c[nH]c2ccccc12)NC(=O)[C@H](C)NC(=O)[C@@H]1CCCN1C(=O)[C@@H](N)CCCNC(=N)N)C(C)C)C(=O)N[C@@H](CCCNC(=N)N)C(=O)N[C@@H](C)C(=O)N[C@@H](CS)C(=O)N[C@H](C(N)=O)C(C)C. The van der Waals surface area contributed by atoms with E-state index in [0.29, 0.717) is 49.8 Å². The Morgan fingerprint density at radius 2 is 0.847 bits per heavy atom. The number of carbonyl (C=O) groups excluding carboxylic acids is 16. The Kier molecular flexibility index (Phi) is 48.6. The first kappa shape index (κ1) is 111. The average Bonchev–Trinajstić information content (AvgIpc) is 1.83. The normalized spacial score (nSPS) is 15.8. The van der Waals surface area contributed by atoms with Gasteiger partial charge in [-0.2, -0.15) is 24.4 Å². The fourth-order valence-electron chi connectivity index (χ4n) is 14.1. The maximum Gasteiger partial charge on any atom is 0.244 e. The van der Waals surface area contributed by atoms with Crippen LogP contribution in [0.5, 0.6) is 0 Å². The van der Waals surface area contributed by atoms with Gasteiger partial charge in [0.25, 0.3) is 0 Å². The largest absolute Gasteiger partial charge is 0.370 e. The summed E-state index contributed by atoms with van der Waals surface area (Å²) in [5.74, 6) is -15.1. The van der Waals surface area contributed by atoms with Crippen molar-refractivity contribution in [2.45, 2.75) is 262 Å². The maximum absolute atomic E-state index is 14.8. The molecule has 1 aliphatic heterocycles. The van der Waals surface area contributed by atoms with Crippen LogP contribution in [-0.4, -0.2) is 269 Å². The second-order valence-corrected chi connectivity index (χ2v) is 35.0. The van der Waals surface area contributed by atoms with E-state index in [1.54, 1.807) is 90.4 Å². The first-order valence-electron chi connectivity index (χ1n) is 44.1. The second-order valence-electron chi connectivity index (χ2n) is 33.6. The number of thiol groups is 1. The van der Waals surface area contributed by atoms with Gasteiger partial charge in [-0.25, -0.2) is 0 Å². The number of nitrogens with zero attached hydrogens (tertiary/aromatic N) is 1. The summed E-state index contributed by atoms with van der Waals surface area (Å²) in [5.41, 5.74) is 36.0. The number of hydrogen-bond acceptors (Lipinski definition) is 23. The standard InChI is InChI=1S/C85H140N28O16S2/c1-44(2)39-60(109-78(125)62(41-52-42-98-55-27-16-15-25-53(52)55)108-70(117)50(10)102-80(127)64-31-22-37-113(64)82(129)54(87)26-19-34-95-83(89)90)76(123)104-56(28-17-18-33-86)72(119)100-47(7)68(115)99-48(8)69(116)107-61(40-51-23-13-12-14-24-51)77(124)105-58(30-21-36-97-85(93)94)75(122)112-66(46(5)6)81(128)106-59(32-38-131-11)74(121)103-57(29-20-35-96-84(91)92)73(120)101-49(9)71(118)110-63(43-130)79(126)111-65(45(3)4)67(88)114/h12-16,23-25,27,42,44-50,54,56-66,98,130H,17-22,26,28-41,43,86-87H2,1-11H3,(H2,88,114)(H,99,115)(H,100,119)(H,101,120)(H,102,127)(H,103,121)(H,104,123)(H,105,124)(H,106,128)(H,107,116)(H,108,117)(H,109,125)(H,110,118)(H,111,126)(H,112,122)(H4,89,90,95)(H4,91,92,96)(H4,93,94,97)/t47-,48-,49-,50-,54-,56-,57-,58-,59-,60-,61-,62-,63-,64-,65-,66-/m0/s1. The van der Waals surface area contributed by atoms with E-state index in [-0.39, 0.29) is 120 Å². The highest BCUT2D eigenvalue weighted by Gasteiger charge is 2.41. The van der Waals surface area contributed by atoms with Gasteiger partial charge in [0.2, 0.25) is 94.5 Å². The number of hydrogen-bond donors (Lipinski definition) is 28. The summed E-state index contributed by atoms with van der Waals surface area (Å²) in [7, 11) is 0. The molecule has 4 rings (SSSR count). The first-order valence-corrected chi connectivity index (χ1v) is 46.2. The molecule has 1 saturated heterocycles. The number of H-pyrrole nitrogens is 1. The van der Waals surface area contributed by atoms with E-state index in [1.807, 2.05) is 18.2 Å². The van der Waals surface area contributed by atoms with E-state index in [4.69, 9.17) is 50.6 Å². The number of nitrogens with one attached hydrogen (secondary N) is 21. The van der Waals surface area contributed by atoms with Crippen molar-refractivity contribution in [1.29, 1.82) is 16.2 Å². The molecule has 16 amide bonds. The number of carbonyl (C=O) groups is 16. The molecule has 0 bridgehead atoms. The van der Waals surface area contributed by atoms with E-state index in [9.17, 15) is 76.7 Å². The number of fused-ring (bicyclic) bond motifs is 1. The van der Waals surface area contributed by atoms with Gasteiger partial charge in [0.1, 0.15) is 90.6 Å². The molecule has 0 radical (unpaired) electrons. The molecule has 0 spiro atoms. The second kappa shape index (κ2) is 57.2. The Balaban J connectivity index is 1.54. The van der Waals surface area contributed by atoms with Crippen LogP contribution in [-0.2, 0) is 89.6 Å². The third-order valence-corrected chi connectivity index (χ3v) is 22.6. The van der Waals surface area contributed by atoms with Crippen molar-refractivity contribution in [2.24, 2.45) is 52.2 Å². The quantitative estimate of drug-likeness (QED) is 0.0110. The molecule has 0 unspecified atom stereocenters. The lowest BCUT2D eigenvalue weighted by molar-refractivity contribution is -0.140. The summed E-state index contributed by atoms with van der Waals surface area (Å²) in [5, 5.41) is 68.6. The Hall–Kier alpha value is -12.1. The minimum atomic E-state index is -1.48. The molecule has 16 atom stereocenters. The number of benzene rings is 2. The monoisotopic (exact) mass is 1870 g/mol. The Labute approximate surface area is 773 Å². The van der Waals surface area contributed by atoms with Crippen LogP contribution in [0.3, 0.4) is 0 Å². The highest BCUT2D eigenvalue weighted by Crippen LogP contribution is 2.23. The average molecular weight is 1870 g/mol. The Morgan fingerprint density at radius 3 is 1.34 bits per heavy atom. The third kappa shape index (κ3) is 38.9. The molecular weight excluding hydrogens is 1730 g/mol. The van der Waals surface area contributed by atoms with Crippen molar-refractivity contribution in [2.75, 3.05) is 50.5 Å². The number of rotatable bonds is 58. The van der Waals surface area contributed by atoms with E-state index < -0.39 is 209 Å². The summed E-state index contributed by atoms with van der Waals surface area (Å²) >= 11 is 5.52. The molecule has 33 N–H and O–H groups in total. The topological polar surface area (TPSA) is 724 Å². The fraction of sp³-hybridized carbons (Fsp3) is 0.612. The molecule has 2 heterocycles. The van der Waals surface area contributed by atoms with E-state index >= 15 is 0 Å². The van der Waals surface area contributed by atoms with Crippen molar-refractivity contribution in [3.8, 4) is 0 Å². The van der Waals surface area contributed by atoms with Gasteiger partial charge < -0.3 is 135 Å². The zero-order chi connectivity index (χ0) is 97.9. The summed E-state index contributed by atoms with van der Waals surface area (Å²) in [6.07, 6.45) is 5.31. The van der Waals surface area contributed by atoms with Crippen molar-refractivity contribution in [1.82, 2.24) is 100 Å². The van der Waals surface area contributed by atoms with Crippen LogP contribution < -0.4 is 125 Å². The molecule has 46 heteroatoms. The van der Waals surface area contributed by atoms with Crippen LogP contribution in [0.2, 0.25) is 0 Å². The molecule has 131 heavy (non-hydrogen) atoms. The van der Waals surface area contributed by atoms with Gasteiger partial charge in [-0.15, -0.1) is 0 Å². The summed E-state index contributed by atoms with van der Waals surface area (Å²) in [6.45, 7) is 16.4. The third-order valence-electron chi connectivity index (χ3n) is 21.6. The number of likely N-dealkylation sites (tertiary alicyclic amines) is 1. The minimum Gasteiger partial charge on any atom is -0.370 e. The highest BCUT2D eigenvalue weighted by atomic mass is 32.2. The number of guanidine groups is 3. The number of aromatic amines is 1. The Morgan fingerprint density at radius 1 is 0.450 bits per heavy atom. The number of aromatic nitrogens is 1. The summed E-state index contributed by atoms with van der Waals surface area (Å²) in [6, 6.07) is -5.11. The minimum absolute atomic E-state index is 0.000612.